The van der Waals surface area contributed by atoms with E-state index in [0.29, 0.717) is 25.4 Å². The van der Waals surface area contributed by atoms with E-state index in [2.05, 4.69) is 31.2 Å². The number of ether oxygens (including phenoxy) is 2. The molecule has 156 valence electrons. The highest BCUT2D eigenvalue weighted by atomic mass is 16.5. The molecule has 0 unspecified atom stereocenters. The molecule has 8 heteroatoms. The molecule has 0 spiro atoms. The minimum absolute atomic E-state index is 0.145. The fourth-order valence-electron chi connectivity index (χ4n) is 3.15. The largest absolute Gasteiger partial charge is 0.481 e. The number of aliphatic imine (C=N–C) groups is 1. The molecular formula is C21H29N5O3. The van der Waals surface area contributed by atoms with Gasteiger partial charge in [0.2, 0.25) is 5.88 Å². The van der Waals surface area contributed by atoms with Gasteiger partial charge in [0.25, 0.3) is 0 Å². The summed E-state index contributed by atoms with van der Waals surface area (Å²) in [6.45, 7) is 5.76. The van der Waals surface area contributed by atoms with Gasteiger partial charge in [0.15, 0.2) is 0 Å². The van der Waals surface area contributed by atoms with Gasteiger partial charge in [-0.1, -0.05) is 0 Å². The van der Waals surface area contributed by atoms with Crippen LogP contribution in [0.3, 0.4) is 0 Å². The molecule has 0 radical (unpaired) electrons. The van der Waals surface area contributed by atoms with E-state index >= 15 is 0 Å². The highest BCUT2D eigenvalue weighted by molar-refractivity contribution is 6.04. The molecule has 0 saturated heterocycles. The first kappa shape index (κ1) is 21.0. The number of amidine groups is 1. The van der Waals surface area contributed by atoms with Crippen molar-refractivity contribution in [2.24, 2.45) is 4.99 Å². The number of hydrogen-bond donors (Lipinski definition) is 2. The molecule has 8 nitrogen and oxygen atoms in total. The quantitative estimate of drug-likeness (QED) is 0.593. The van der Waals surface area contributed by atoms with Crippen molar-refractivity contribution in [3.05, 3.63) is 30.6 Å². The maximum atomic E-state index is 9.01. The van der Waals surface area contributed by atoms with Gasteiger partial charge in [-0.15, -0.1) is 0 Å². The summed E-state index contributed by atoms with van der Waals surface area (Å²) in [5.41, 5.74) is 3.81. The molecule has 0 fully saturated rings. The number of rotatable bonds is 10. The predicted molar refractivity (Wildman–Crippen MR) is 115 cm³/mol. The van der Waals surface area contributed by atoms with Crippen LogP contribution in [0.15, 0.2) is 35.6 Å². The van der Waals surface area contributed by atoms with Crippen molar-refractivity contribution in [1.82, 2.24) is 9.97 Å². The predicted octanol–water partition coefficient (Wildman–Crippen LogP) is 2.59. The summed E-state index contributed by atoms with van der Waals surface area (Å²) in [6, 6.07) is 5.87. The van der Waals surface area contributed by atoms with Crippen LogP contribution < -0.4 is 15.0 Å². The molecule has 0 aliphatic carbocycles. The van der Waals surface area contributed by atoms with Gasteiger partial charge < -0.3 is 24.8 Å². The maximum absolute atomic E-state index is 9.01. The molecule has 0 saturated carbocycles. The number of methoxy groups -OCH3 is 1. The molecule has 0 bridgehead atoms. The lowest BCUT2D eigenvalue weighted by Gasteiger charge is -2.33. The summed E-state index contributed by atoms with van der Waals surface area (Å²) in [5, 5.41) is 12.4. The Morgan fingerprint density at radius 1 is 1.24 bits per heavy atom. The van der Waals surface area contributed by atoms with Crippen LogP contribution in [0.25, 0.3) is 11.3 Å². The van der Waals surface area contributed by atoms with Gasteiger partial charge in [0.1, 0.15) is 5.84 Å². The Balaban J connectivity index is 1.83. The van der Waals surface area contributed by atoms with Crippen LogP contribution in [0.4, 0.5) is 11.4 Å². The molecule has 0 atom stereocenters. The SMILES string of the molecule is CCOCCCN1CC(=NCCCO)Nc2cnc(-c3ccc(OC)nc3)cc21. The smallest absolute Gasteiger partial charge is 0.212 e. The number of aromatic nitrogens is 2. The van der Waals surface area contributed by atoms with E-state index in [9.17, 15) is 0 Å². The molecule has 1 aliphatic heterocycles. The Kier molecular flexibility index (Phi) is 7.77. The van der Waals surface area contributed by atoms with Crippen molar-refractivity contribution in [1.29, 1.82) is 0 Å². The third-order valence-electron chi connectivity index (χ3n) is 4.62. The summed E-state index contributed by atoms with van der Waals surface area (Å²) in [4.78, 5) is 15.8. The molecule has 2 aromatic heterocycles. The monoisotopic (exact) mass is 399 g/mol. The van der Waals surface area contributed by atoms with E-state index in [-0.39, 0.29) is 6.61 Å². The lowest BCUT2D eigenvalue weighted by atomic mass is 10.1. The van der Waals surface area contributed by atoms with E-state index in [1.54, 1.807) is 13.3 Å². The summed E-state index contributed by atoms with van der Waals surface area (Å²) in [7, 11) is 1.60. The van der Waals surface area contributed by atoms with Gasteiger partial charge in [-0.2, -0.15) is 0 Å². The van der Waals surface area contributed by atoms with Crippen LogP contribution in [0.1, 0.15) is 19.8 Å². The normalized spacial score (nSPS) is 14.6. The molecule has 29 heavy (non-hydrogen) atoms. The lowest BCUT2D eigenvalue weighted by Crippen LogP contribution is -2.39. The number of aliphatic hydroxyl groups excluding tert-OH is 1. The summed E-state index contributed by atoms with van der Waals surface area (Å²) in [6.07, 6.45) is 5.19. The van der Waals surface area contributed by atoms with E-state index in [0.717, 1.165) is 54.6 Å². The van der Waals surface area contributed by atoms with Crippen LogP contribution in [0, 0.1) is 0 Å². The second-order valence-electron chi connectivity index (χ2n) is 6.68. The Morgan fingerprint density at radius 2 is 2.14 bits per heavy atom. The number of fused-ring (bicyclic) bond motifs is 1. The van der Waals surface area contributed by atoms with E-state index in [4.69, 9.17) is 14.6 Å². The second kappa shape index (κ2) is 10.7. The van der Waals surface area contributed by atoms with Crippen LogP contribution in [-0.2, 0) is 4.74 Å². The molecule has 0 aromatic carbocycles. The Hall–Kier alpha value is -2.71. The topological polar surface area (TPSA) is 92.1 Å². The summed E-state index contributed by atoms with van der Waals surface area (Å²) >= 11 is 0. The van der Waals surface area contributed by atoms with Crippen molar-refractivity contribution >= 4 is 17.2 Å². The van der Waals surface area contributed by atoms with Crippen LogP contribution in [0.5, 0.6) is 5.88 Å². The van der Waals surface area contributed by atoms with Crippen molar-refractivity contribution in [3.8, 4) is 17.1 Å². The first-order valence-corrected chi connectivity index (χ1v) is 9.99. The molecule has 1 aliphatic rings. The second-order valence-corrected chi connectivity index (χ2v) is 6.68. The van der Waals surface area contributed by atoms with E-state index in [1.165, 1.54) is 0 Å². The molecular weight excluding hydrogens is 370 g/mol. The molecule has 0 amide bonds. The molecule has 2 N–H and O–H groups in total. The van der Waals surface area contributed by atoms with E-state index in [1.807, 2.05) is 25.3 Å². The minimum Gasteiger partial charge on any atom is -0.481 e. The molecule has 3 rings (SSSR count). The van der Waals surface area contributed by atoms with Crippen molar-refractivity contribution in [2.75, 3.05) is 56.8 Å². The number of hydrogen-bond acceptors (Lipinski definition) is 7. The average molecular weight is 399 g/mol. The number of anilines is 2. The van der Waals surface area contributed by atoms with Gasteiger partial charge in [-0.3, -0.25) is 9.98 Å². The zero-order valence-corrected chi connectivity index (χ0v) is 17.1. The zero-order valence-electron chi connectivity index (χ0n) is 17.1. The first-order chi connectivity index (χ1) is 14.2. The third-order valence-corrected chi connectivity index (χ3v) is 4.62. The Morgan fingerprint density at radius 3 is 2.86 bits per heavy atom. The van der Waals surface area contributed by atoms with Crippen LogP contribution in [-0.4, -0.2) is 67.5 Å². The Labute approximate surface area is 171 Å². The highest BCUT2D eigenvalue weighted by Crippen LogP contribution is 2.33. The van der Waals surface area contributed by atoms with Gasteiger partial charge in [-0.05, 0) is 31.9 Å². The Bertz CT molecular complexity index is 810. The van der Waals surface area contributed by atoms with Gasteiger partial charge in [-0.25, -0.2) is 4.98 Å². The zero-order chi connectivity index (χ0) is 20.5. The fourth-order valence-corrected chi connectivity index (χ4v) is 3.15. The van der Waals surface area contributed by atoms with Crippen LogP contribution >= 0.6 is 0 Å². The standard InChI is InChI=1S/C21H29N5O3/c1-3-29-11-5-9-26-15-20(22-8-4-10-27)25-18-14-23-17(12-19(18)26)16-6-7-21(28-2)24-13-16/h6-7,12-14,27H,3-5,8-11,15H2,1-2H3,(H,22,25). The summed E-state index contributed by atoms with van der Waals surface area (Å²) in [5.74, 6) is 1.47. The highest BCUT2D eigenvalue weighted by Gasteiger charge is 2.21. The fraction of sp³-hybridized carbons (Fsp3) is 0.476. The van der Waals surface area contributed by atoms with E-state index < -0.39 is 0 Å². The summed E-state index contributed by atoms with van der Waals surface area (Å²) < 4.78 is 10.6. The van der Waals surface area contributed by atoms with Crippen molar-refractivity contribution in [3.63, 3.8) is 0 Å². The number of pyridine rings is 2. The van der Waals surface area contributed by atoms with Gasteiger partial charge in [0.05, 0.1) is 36.9 Å². The van der Waals surface area contributed by atoms with Crippen LogP contribution in [0.2, 0.25) is 0 Å². The minimum atomic E-state index is 0.145. The van der Waals surface area contributed by atoms with Gasteiger partial charge in [0, 0.05) is 50.7 Å². The average Bonchev–Trinajstić information content (AvgIpc) is 2.76. The van der Waals surface area contributed by atoms with Crippen molar-refractivity contribution < 1.29 is 14.6 Å². The number of nitrogens with zero attached hydrogens (tertiary/aromatic N) is 4. The number of aliphatic hydroxyl groups is 1. The third kappa shape index (κ3) is 5.65. The molecule has 2 aromatic rings. The first-order valence-electron chi connectivity index (χ1n) is 9.99. The lowest BCUT2D eigenvalue weighted by molar-refractivity contribution is 0.146. The molecule has 3 heterocycles. The maximum Gasteiger partial charge on any atom is 0.212 e. The number of nitrogens with one attached hydrogen (secondary N) is 1. The van der Waals surface area contributed by atoms with Gasteiger partial charge >= 0.3 is 0 Å². The van der Waals surface area contributed by atoms with Crippen molar-refractivity contribution in [2.45, 2.75) is 19.8 Å².